The van der Waals surface area contributed by atoms with Gasteiger partial charge in [-0.2, -0.15) is 0 Å². The largest absolute Gasteiger partial charge is 0.390 e. The number of aromatic amines is 1. The van der Waals surface area contributed by atoms with Gasteiger partial charge in [-0.25, -0.2) is 9.35 Å². The van der Waals surface area contributed by atoms with Gasteiger partial charge in [0.15, 0.2) is 4.77 Å². The maximum Gasteiger partial charge on any atom is 0.197 e. The summed E-state index contributed by atoms with van der Waals surface area (Å²) in [6, 6.07) is 0. The molecule has 0 amide bonds. The van der Waals surface area contributed by atoms with Gasteiger partial charge in [-0.05, 0) is 12.2 Å². The van der Waals surface area contributed by atoms with Gasteiger partial charge in [0.1, 0.15) is 12.7 Å². The monoisotopic (exact) mass is 197 g/mol. The van der Waals surface area contributed by atoms with Crippen LogP contribution < -0.4 is 0 Å². The number of aromatic nitrogens is 5. The zero-order chi connectivity index (χ0) is 9.26. The van der Waals surface area contributed by atoms with Crippen LogP contribution in [0.4, 0.5) is 0 Å². The number of H-pyrrole nitrogens is 1. The molecule has 0 aliphatic carbocycles. The fourth-order valence-corrected chi connectivity index (χ4v) is 1.33. The number of rotatable bonds is 2. The molecule has 6 nitrogen and oxygen atoms in total. The summed E-state index contributed by atoms with van der Waals surface area (Å²) in [6.07, 6.45) is 4.65. The van der Waals surface area contributed by atoms with E-state index in [1.54, 1.807) is 15.5 Å². The number of nitrogens with zero attached hydrogens (tertiary/aromatic N) is 4. The second kappa shape index (κ2) is 3.11. The highest BCUT2D eigenvalue weighted by Gasteiger charge is 2.03. The molecule has 2 aromatic rings. The second-order valence-electron chi connectivity index (χ2n) is 2.40. The Morgan fingerprint density at radius 3 is 2.77 bits per heavy atom. The minimum Gasteiger partial charge on any atom is -0.390 e. The van der Waals surface area contributed by atoms with Crippen molar-refractivity contribution in [3.63, 3.8) is 0 Å². The smallest absolute Gasteiger partial charge is 0.197 e. The topological polar surface area (TPSA) is 71.7 Å². The van der Waals surface area contributed by atoms with Crippen LogP contribution in [0.25, 0.3) is 0 Å². The minimum absolute atomic E-state index is 0.0919. The van der Waals surface area contributed by atoms with Crippen LogP contribution >= 0.6 is 12.2 Å². The van der Waals surface area contributed by atoms with Crippen LogP contribution in [-0.4, -0.2) is 29.6 Å². The lowest BCUT2D eigenvalue weighted by atomic mass is 10.5. The van der Waals surface area contributed by atoms with Gasteiger partial charge in [-0.1, -0.05) is 0 Å². The Morgan fingerprint density at radius 2 is 2.15 bits per heavy atom. The first kappa shape index (κ1) is 8.14. The van der Waals surface area contributed by atoms with Crippen molar-refractivity contribution in [2.24, 2.45) is 0 Å². The van der Waals surface area contributed by atoms with Crippen molar-refractivity contribution >= 4 is 12.2 Å². The van der Waals surface area contributed by atoms with Gasteiger partial charge in [0.05, 0.1) is 12.3 Å². The fourth-order valence-electron chi connectivity index (χ4n) is 1.06. The summed E-state index contributed by atoms with van der Waals surface area (Å²) in [5, 5.41) is 16.3. The Kier molecular flexibility index (Phi) is 1.95. The Bertz CT molecular complexity index is 442. The van der Waals surface area contributed by atoms with Crippen molar-refractivity contribution < 1.29 is 5.11 Å². The first-order valence-electron chi connectivity index (χ1n) is 3.58. The zero-order valence-electron chi connectivity index (χ0n) is 6.58. The third-order valence-corrected chi connectivity index (χ3v) is 1.92. The first-order valence-corrected chi connectivity index (χ1v) is 3.99. The van der Waals surface area contributed by atoms with Crippen molar-refractivity contribution in [2.45, 2.75) is 6.61 Å². The van der Waals surface area contributed by atoms with E-state index >= 15 is 0 Å². The average molecular weight is 197 g/mol. The second-order valence-corrected chi connectivity index (χ2v) is 2.78. The third kappa shape index (κ3) is 1.27. The molecule has 2 aromatic heterocycles. The summed E-state index contributed by atoms with van der Waals surface area (Å²) in [5.74, 6) is 0. The molecule has 0 bridgehead atoms. The minimum atomic E-state index is -0.0919. The standard InChI is InChI=1S/C6H7N5OS/c12-2-5-1-7-6(13)11(5)10-3-8-9-4-10/h1,3-4,12H,2H2,(H,7,13). The molecule has 0 saturated carbocycles. The molecular formula is C6H7N5OS. The summed E-state index contributed by atoms with van der Waals surface area (Å²) >= 11 is 5.01. The molecule has 0 fully saturated rings. The molecule has 0 aliphatic rings. The summed E-state index contributed by atoms with van der Waals surface area (Å²) < 4.78 is 3.68. The lowest BCUT2D eigenvalue weighted by Gasteiger charge is -2.04. The van der Waals surface area contributed by atoms with E-state index in [9.17, 15) is 0 Å². The number of imidazole rings is 1. The summed E-state index contributed by atoms with van der Waals surface area (Å²) in [5.41, 5.74) is 0.657. The van der Waals surface area contributed by atoms with E-state index < -0.39 is 0 Å². The molecule has 2 heterocycles. The highest BCUT2D eigenvalue weighted by molar-refractivity contribution is 7.71. The van der Waals surface area contributed by atoms with Crippen molar-refractivity contribution in [1.29, 1.82) is 0 Å². The van der Waals surface area contributed by atoms with Crippen molar-refractivity contribution in [3.05, 3.63) is 29.3 Å². The maximum absolute atomic E-state index is 8.99. The van der Waals surface area contributed by atoms with Crippen LogP contribution in [0.5, 0.6) is 0 Å². The summed E-state index contributed by atoms with van der Waals surface area (Å²) in [6.45, 7) is -0.0919. The normalized spacial score (nSPS) is 10.5. The molecule has 0 atom stereocenters. The van der Waals surface area contributed by atoms with Crippen LogP contribution in [0, 0.1) is 4.77 Å². The molecule has 2 rings (SSSR count). The van der Waals surface area contributed by atoms with Gasteiger partial charge >= 0.3 is 0 Å². The van der Waals surface area contributed by atoms with Crippen LogP contribution in [0.2, 0.25) is 0 Å². The summed E-state index contributed by atoms with van der Waals surface area (Å²) in [7, 11) is 0. The molecule has 7 heteroatoms. The van der Waals surface area contributed by atoms with E-state index in [0.717, 1.165) is 0 Å². The number of nitrogens with one attached hydrogen (secondary N) is 1. The molecule has 2 N–H and O–H groups in total. The van der Waals surface area contributed by atoms with Gasteiger partial charge in [-0.3, -0.25) is 0 Å². The van der Waals surface area contributed by atoms with Crippen molar-refractivity contribution in [1.82, 2.24) is 24.5 Å². The first-order chi connectivity index (χ1) is 6.33. The van der Waals surface area contributed by atoms with E-state index in [0.29, 0.717) is 10.5 Å². The number of aliphatic hydroxyl groups is 1. The maximum atomic E-state index is 8.99. The SMILES string of the molecule is OCc1c[nH]c(=S)n1-n1cnnc1. The number of aliphatic hydroxyl groups excluding tert-OH is 1. The molecule has 68 valence electrons. The predicted molar refractivity (Wildman–Crippen MR) is 46.4 cm³/mol. The third-order valence-electron chi connectivity index (χ3n) is 1.63. The average Bonchev–Trinajstić information content (AvgIpc) is 2.72. The van der Waals surface area contributed by atoms with E-state index in [1.165, 1.54) is 12.7 Å². The van der Waals surface area contributed by atoms with E-state index in [2.05, 4.69) is 15.2 Å². The number of hydrogen-bond donors (Lipinski definition) is 2. The van der Waals surface area contributed by atoms with Crippen molar-refractivity contribution in [2.75, 3.05) is 0 Å². The lowest BCUT2D eigenvalue weighted by Crippen LogP contribution is -2.10. The fraction of sp³-hybridized carbons (Fsp3) is 0.167. The zero-order valence-corrected chi connectivity index (χ0v) is 7.40. The highest BCUT2D eigenvalue weighted by Crippen LogP contribution is 2.01. The van der Waals surface area contributed by atoms with E-state index in [1.807, 2.05) is 0 Å². The molecule has 0 radical (unpaired) electrons. The van der Waals surface area contributed by atoms with Crippen LogP contribution in [0.3, 0.4) is 0 Å². The van der Waals surface area contributed by atoms with Gasteiger partial charge in [0, 0.05) is 6.20 Å². The van der Waals surface area contributed by atoms with Crippen LogP contribution in [0.15, 0.2) is 18.9 Å². The van der Waals surface area contributed by atoms with E-state index in [-0.39, 0.29) is 6.61 Å². The Balaban J connectivity index is 2.62. The Labute approximate surface area is 78.4 Å². The molecule has 0 aliphatic heterocycles. The highest BCUT2D eigenvalue weighted by atomic mass is 32.1. The Hall–Kier alpha value is -1.47. The van der Waals surface area contributed by atoms with Gasteiger partial charge in [-0.15, -0.1) is 10.2 Å². The molecule has 0 aromatic carbocycles. The van der Waals surface area contributed by atoms with E-state index in [4.69, 9.17) is 17.3 Å². The van der Waals surface area contributed by atoms with Crippen LogP contribution in [0.1, 0.15) is 5.69 Å². The van der Waals surface area contributed by atoms with Gasteiger partial charge in [0.25, 0.3) is 0 Å². The van der Waals surface area contributed by atoms with Gasteiger partial charge < -0.3 is 10.1 Å². The summed E-state index contributed by atoms with van der Waals surface area (Å²) in [4.78, 5) is 2.82. The predicted octanol–water partition coefficient (Wildman–Crippen LogP) is -0.0591. The Morgan fingerprint density at radius 1 is 1.46 bits per heavy atom. The quantitative estimate of drug-likeness (QED) is 0.662. The molecule has 0 saturated heterocycles. The molecular weight excluding hydrogens is 190 g/mol. The lowest BCUT2D eigenvalue weighted by molar-refractivity contribution is 0.268. The van der Waals surface area contributed by atoms with Crippen LogP contribution in [-0.2, 0) is 6.61 Å². The number of hydrogen-bond acceptors (Lipinski definition) is 4. The molecule has 13 heavy (non-hydrogen) atoms. The van der Waals surface area contributed by atoms with Gasteiger partial charge in [0.2, 0.25) is 0 Å². The van der Waals surface area contributed by atoms with Crippen molar-refractivity contribution in [3.8, 4) is 0 Å². The molecule has 0 spiro atoms. The molecule has 0 unspecified atom stereocenters.